The minimum atomic E-state index is -4.21. The molecule has 0 aromatic heterocycles. The number of methoxy groups -OCH3 is 1. The van der Waals surface area contributed by atoms with Crippen LogP contribution in [0.25, 0.3) is 0 Å². The minimum Gasteiger partial charge on any atom is -0.497 e. The van der Waals surface area contributed by atoms with Crippen LogP contribution in [-0.2, 0) is 26.2 Å². The first-order chi connectivity index (χ1) is 18.4. The molecule has 0 spiro atoms. The molecule has 208 valence electrons. The SMILES string of the molecule is COc1ccc(S(=O)(=O)N(CC(=O)N(Cc2ccc(Cl)cc2)C(C)C(=O)NC(C)C)c2cccc(Cl)c2)cc1. The Morgan fingerprint density at radius 3 is 2.13 bits per heavy atom. The van der Waals surface area contributed by atoms with Crippen LogP contribution in [0.15, 0.2) is 77.7 Å². The van der Waals surface area contributed by atoms with Gasteiger partial charge in [-0.1, -0.05) is 41.4 Å². The lowest BCUT2D eigenvalue weighted by molar-refractivity contribution is -0.139. The van der Waals surface area contributed by atoms with Gasteiger partial charge in [-0.15, -0.1) is 0 Å². The second kappa shape index (κ2) is 13.2. The van der Waals surface area contributed by atoms with Gasteiger partial charge in [0.25, 0.3) is 10.0 Å². The van der Waals surface area contributed by atoms with Gasteiger partial charge in [0.05, 0.1) is 17.7 Å². The molecular weight excluding hydrogens is 561 g/mol. The summed E-state index contributed by atoms with van der Waals surface area (Å²) in [5.41, 5.74) is 0.932. The lowest BCUT2D eigenvalue weighted by atomic mass is 10.1. The second-order valence-corrected chi connectivity index (χ2v) is 11.9. The summed E-state index contributed by atoms with van der Waals surface area (Å²) in [5, 5.41) is 3.65. The van der Waals surface area contributed by atoms with Gasteiger partial charge in [-0.3, -0.25) is 13.9 Å². The number of carbonyl (C=O) groups excluding carboxylic acids is 2. The summed E-state index contributed by atoms with van der Waals surface area (Å²) in [7, 11) is -2.74. The highest BCUT2D eigenvalue weighted by Gasteiger charge is 2.32. The number of hydrogen-bond acceptors (Lipinski definition) is 5. The molecule has 3 aromatic rings. The van der Waals surface area contributed by atoms with Crippen LogP contribution in [0.4, 0.5) is 5.69 Å². The summed E-state index contributed by atoms with van der Waals surface area (Å²) >= 11 is 12.2. The van der Waals surface area contributed by atoms with E-state index in [0.29, 0.717) is 15.8 Å². The van der Waals surface area contributed by atoms with Crippen LogP contribution in [0.3, 0.4) is 0 Å². The summed E-state index contributed by atoms with van der Waals surface area (Å²) in [6, 6.07) is 17.9. The van der Waals surface area contributed by atoms with Crippen LogP contribution in [0, 0.1) is 0 Å². The van der Waals surface area contributed by atoms with E-state index >= 15 is 0 Å². The van der Waals surface area contributed by atoms with E-state index in [9.17, 15) is 18.0 Å². The van der Waals surface area contributed by atoms with Crippen molar-refractivity contribution in [2.75, 3.05) is 18.0 Å². The Bertz CT molecular complexity index is 1400. The first-order valence-electron chi connectivity index (χ1n) is 12.2. The van der Waals surface area contributed by atoms with E-state index in [4.69, 9.17) is 27.9 Å². The molecule has 0 bridgehead atoms. The molecule has 1 unspecified atom stereocenters. The van der Waals surface area contributed by atoms with Crippen molar-refractivity contribution >= 4 is 50.7 Å². The highest BCUT2D eigenvalue weighted by atomic mass is 35.5. The molecule has 39 heavy (non-hydrogen) atoms. The van der Waals surface area contributed by atoms with Crippen molar-refractivity contribution < 1.29 is 22.7 Å². The molecule has 0 aliphatic heterocycles. The molecule has 3 rings (SSSR count). The van der Waals surface area contributed by atoms with E-state index in [1.54, 1.807) is 49.4 Å². The van der Waals surface area contributed by atoms with Gasteiger partial charge in [0.15, 0.2) is 0 Å². The zero-order valence-corrected chi connectivity index (χ0v) is 24.4. The first kappa shape index (κ1) is 30.3. The average molecular weight is 593 g/mol. The third kappa shape index (κ3) is 7.88. The zero-order valence-electron chi connectivity index (χ0n) is 22.1. The Hall–Kier alpha value is -3.27. The average Bonchev–Trinajstić information content (AvgIpc) is 2.90. The maximum absolute atomic E-state index is 13.9. The monoisotopic (exact) mass is 591 g/mol. The standard InChI is InChI=1S/C28H31Cl2N3O5S/c1-19(2)31-28(35)20(3)32(17-21-8-10-22(29)11-9-21)27(34)18-33(24-7-5-6-23(30)16-24)39(36,37)26-14-12-25(38-4)13-15-26/h5-16,19-20H,17-18H2,1-4H3,(H,31,35). The Morgan fingerprint density at radius 2 is 1.56 bits per heavy atom. The zero-order chi connectivity index (χ0) is 28.7. The summed E-state index contributed by atoms with van der Waals surface area (Å²) in [6.45, 7) is 4.74. The molecule has 1 atom stereocenters. The van der Waals surface area contributed by atoms with Crippen molar-refractivity contribution in [3.8, 4) is 5.75 Å². The number of amides is 2. The topological polar surface area (TPSA) is 96.0 Å². The van der Waals surface area contributed by atoms with Crippen LogP contribution in [-0.4, -0.2) is 50.9 Å². The molecule has 0 saturated heterocycles. The fraction of sp³-hybridized carbons (Fsp3) is 0.286. The van der Waals surface area contributed by atoms with Gasteiger partial charge < -0.3 is 15.0 Å². The van der Waals surface area contributed by atoms with E-state index in [-0.39, 0.29) is 29.1 Å². The Balaban J connectivity index is 2.03. The van der Waals surface area contributed by atoms with Crippen molar-refractivity contribution in [1.29, 1.82) is 0 Å². The second-order valence-electron chi connectivity index (χ2n) is 9.15. The summed E-state index contributed by atoms with van der Waals surface area (Å²) in [6.07, 6.45) is 0. The fourth-order valence-corrected chi connectivity index (χ4v) is 5.53. The van der Waals surface area contributed by atoms with Crippen LogP contribution in [0.1, 0.15) is 26.3 Å². The van der Waals surface area contributed by atoms with Crippen molar-refractivity contribution in [3.05, 3.63) is 88.4 Å². The lowest BCUT2D eigenvalue weighted by Gasteiger charge is -2.32. The summed E-state index contributed by atoms with van der Waals surface area (Å²) < 4.78 is 33.8. The normalized spacial score (nSPS) is 12.1. The predicted molar refractivity (Wildman–Crippen MR) is 154 cm³/mol. The fourth-order valence-electron chi connectivity index (χ4n) is 3.81. The Labute approximate surface area is 239 Å². The Morgan fingerprint density at radius 1 is 0.923 bits per heavy atom. The largest absolute Gasteiger partial charge is 0.497 e. The molecule has 8 nitrogen and oxygen atoms in total. The molecule has 0 fully saturated rings. The molecule has 0 radical (unpaired) electrons. The van der Waals surface area contributed by atoms with Crippen molar-refractivity contribution in [1.82, 2.24) is 10.2 Å². The van der Waals surface area contributed by atoms with Gasteiger partial charge in [0, 0.05) is 22.6 Å². The Kier molecular flexibility index (Phi) is 10.2. The third-order valence-electron chi connectivity index (χ3n) is 5.89. The summed E-state index contributed by atoms with van der Waals surface area (Å²) in [4.78, 5) is 28.1. The van der Waals surface area contributed by atoms with Crippen LogP contribution in [0.2, 0.25) is 10.0 Å². The quantitative estimate of drug-likeness (QED) is 0.333. The first-order valence-corrected chi connectivity index (χ1v) is 14.4. The van der Waals surface area contributed by atoms with Gasteiger partial charge in [0.2, 0.25) is 11.8 Å². The minimum absolute atomic E-state index is 0.0362. The van der Waals surface area contributed by atoms with Crippen molar-refractivity contribution in [2.45, 2.75) is 44.3 Å². The van der Waals surface area contributed by atoms with Gasteiger partial charge >= 0.3 is 0 Å². The molecule has 1 N–H and O–H groups in total. The number of halogens is 2. The molecule has 2 amide bonds. The van der Waals surface area contributed by atoms with Crippen molar-refractivity contribution in [3.63, 3.8) is 0 Å². The molecule has 0 aliphatic carbocycles. The number of carbonyl (C=O) groups is 2. The predicted octanol–water partition coefficient (Wildman–Crippen LogP) is 5.14. The maximum atomic E-state index is 13.9. The molecule has 11 heteroatoms. The van der Waals surface area contributed by atoms with Crippen LogP contribution in [0.5, 0.6) is 5.75 Å². The summed E-state index contributed by atoms with van der Waals surface area (Å²) in [5.74, 6) is -0.452. The molecule has 0 saturated carbocycles. The lowest BCUT2D eigenvalue weighted by Crippen LogP contribution is -2.52. The van der Waals surface area contributed by atoms with Gasteiger partial charge in [-0.25, -0.2) is 8.42 Å². The van der Waals surface area contributed by atoms with Gasteiger partial charge in [-0.05, 0) is 80.9 Å². The highest BCUT2D eigenvalue weighted by Crippen LogP contribution is 2.28. The van der Waals surface area contributed by atoms with Crippen LogP contribution >= 0.6 is 23.2 Å². The third-order valence-corrected chi connectivity index (χ3v) is 8.16. The number of rotatable bonds is 11. The number of nitrogens with zero attached hydrogens (tertiary/aromatic N) is 2. The molecule has 0 heterocycles. The van der Waals surface area contributed by atoms with Crippen LogP contribution < -0.4 is 14.4 Å². The molecular formula is C28H31Cl2N3O5S. The maximum Gasteiger partial charge on any atom is 0.264 e. The van der Waals surface area contributed by atoms with E-state index in [1.807, 2.05) is 13.8 Å². The number of ether oxygens (including phenoxy) is 1. The molecule has 0 aliphatic rings. The van der Waals surface area contributed by atoms with E-state index in [0.717, 1.165) is 9.87 Å². The highest BCUT2D eigenvalue weighted by molar-refractivity contribution is 7.92. The number of nitrogens with one attached hydrogen (secondary N) is 1. The van der Waals surface area contributed by atoms with Crippen molar-refractivity contribution in [2.24, 2.45) is 0 Å². The van der Waals surface area contributed by atoms with E-state index in [1.165, 1.54) is 42.3 Å². The van der Waals surface area contributed by atoms with Gasteiger partial charge in [-0.2, -0.15) is 0 Å². The van der Waals surface area contributed by atoms with E-state index < -0.39 is 28.5 Å². The van der Waals surface area contributed by atoms with E-state index in [2.05, 4.69) is 5.32 Å². The smallest absolute Gasteiger partial charge is 0.264 e. The van der Waals surface area contributed by atoms with Gasteiger partial charge in [0.1, 0.15) is 18.3 Å². The number of anilines is 1. The molecule has 3 aromatic carbocycles. The number of hydrogen-bond donors (Lipinski definition) is 1. The number of sulfonamides is 1. The number of benzene rings is 3.